The fourth-order valence-corrected chi connectivity index (χ4v) is 2.88. The number of halogens is 3. The minimum Gasteiger partial charge on any atom is -0.321 e. The van der Waals surface area contributed by atoms with Crippen molar-refractivity contribution in [3.05, 3.63) is 75.1 Å². The Balaban J connectivity index is 1.99. The summed E-state index contributed by atoms with van der Waals surface area (Å²) >= 11 is 5.84. The fourth-order valence-electron chi connectivity index (χ4n) is 2.70. The number of nitrogens with one attached hydrogen (secondary N) is 1. The molecule has 10 heteroatoms. The average Bonchev–Trinajstić information content (AvgIpc) is 3.05. The lowest BCUT2D eigenvalue weighted by molar-refractivity contribution is -0.384. The number of amides is 1. The zero-order chi connectivity index (χ0) is 20.4. The molecular weight excluding hydrogens is 394 g/mol. The minimum atomic E-state index is -2.91. The minimum absolute atomic E-state index is 0.0211. The van der Waals surface area contributed by atoms with E-state index in [9.17, 15) is 23.7 Å². The number of benzene rings is 2. The molecule has 3 aromatic rings. The molecule has 0 aliphatic heterocycles. The second kappa shape index (κ2) is 7.73. The van der Waals surface area contributed by atoms with Crippen LogP contribution in [0.4, 0.5) is 20.2 Å². The maximum absolute atomic E-state index is 13.1. The van der Waals surface area contributed by atoms with Gasteiger partial charge in [-0.3, -0.25) is 19.6 Å². The summed E-state index contributed by atoms with van der Waals surface area (Å²) in [6.45, 7) is 0. The van der Waals surface area contributed by atoms with Crippen LogP contribution in [0.1, 0.15) is 22.5 Å². The van der Waals surface area contributed by atoms with E-state index in [0.717, 1.165) is 4.68 Å². The second-order valence-electron chi connectivity index (χ2n) is 5.83. The van der Waals surface area contributed by atoms with E-state index in [1.54, 1.807) is 30.3 Å². The van der Waals surface area contributed by atoms with Gasteiger partial charge in [0.2, 0.25) is 0 Å². The molecule has 0 saturated heterocycles. The van der Waals surface area contributed by atoms with Crippen molar-refractivity contribution in [1.29, 1.82) is 0 Å². The molecule has 28 heavy (non-hydrogen) atoms. The number of nitro groups is 1. The predicted octanol–water partition coefficient (Wildman–Crippen LogP) is 4.84. The Morgan fingerprint density at radius 3 is 2.68 bits per heavy atom. The van der Waals surface area contributed by atoms with Crippen LogP contribution in [0.3, 0.4) is 0 Å². The zero-order valence-corrected chi connectivity index (χ0v) is 15.2. The number of carbonyl (C=O) groups is 1. The van der Waals surface area contributed by atoms with Crippen molar-refractivity contribution >= 4 is 28.9 Å². The van der Waals surface area contributed by atoms with Gasteiger partial charge in [-0.1, -0.05) is 35.9 Å². The summed E-state index contributed by atoms with van der Waals surface area (Å²) in [6, 6.07) is 10.7. The molecule has 0 spiro atoms. The third kappa shape index (κ3) is 3.84. The molecule has 0 aliphatic rings. The molecule has 144 valence electrons. The first-order chi connectivity index (χ1) is 13.3. The van der Waals surface area contributed by atoms with Gasteiger partial charge in [0.05, 0.1) is 10.5 Å². The van der Waals surface area contributed by atoms with Gasteiger partial charge in [0.15, 0.2) is 0 Å². The lowest BCUT2D eigenvalue weighted by atomic mass is 10.0. The molecule has 0 saturated carbocycles. The third-order valence-electron chi connectivity index (χ3n) is 3.94. The SMILES string of the molecule is Cn1cc(C(=O)Nc2ccccc2-c2ccc(Cl)c([N+](=O)[O-])c2)c(C(F)F)n1. The number of para-hydroxylation sites is 1. The van der Waals surface area contributed by atoms with E-state index >= 15 is 0 Å². The highest BCUT2D eigenvalue weighted by Crippen LogP contribution is 2.34. The zero-order valence-electron chi connectivity index (χ0n) is 14.4. The van der Waals surface area contributed by atoms with Crippen LogP contribution in [0.15, 0.2) is 48.7 Å². The van der Waals surface area contributed by atoms with Gasteiger partial charge < -0.3 is 5.32 Å². The Kier molecular flexibility index (Phi) is 5.36. The monoisotopic (exact) mass is 406 g/mol. The highest BCUT2D eigenvalue weighted by molar-refractivity contribution is 6.32. The van der Waals surface area contributed by atoms with Gasteiger partial charge in [-0.05, 0) is 17.7 Å². The molecular formula is C18H13ClF2N4O3. The number of aryl methyl sites for hydroxylation is 1. The normalized spacial score (nSPS) is 10.9. The quantitative estimate of drug-likeness (QED) is 0.485. The van der Waals surface area contributed by atoms with E-state index in [0.29, 0.717) is 16.8 Å². The Labute approximate surface area is 162 Å². The molecule has 1 N–H and O–H groups in total. The molecule has 7 nitrogen and oxygen atoms in total. The van der Waals surface area contributed by atoms with Gasteiger partial charge in [-0.15, -0.1) is 0 Å². The van der Waals surface area contributed by atoms with E-state index in [4.69, 9.17) is 11.6 Å². The van der Waals surface area contributed by atoms with E-state index < -0.39 is 22.9 Å². The second-order valence-corrected chi connectivity index (χ2v) is 6.23. The third-order valence-corrected chi connectivity index (χ3v) is 4.26. The van der Waals surface area contributed by atoms with Gasteiger partial charge in [-0.25, -0.2) is 8.78 Å². The Morgan fingerprint density at radius 1 is 1.29 bits per heavy atom. The van der Waals surface area contributed by atoms with Crippen LogP contribution in [-0.2, 0) is 7.05 Å². The van der Waals surface area contributed by atoms with Crippen molar-refractivity contribution in [2.24, 2.45) is 7.05 Å². The van der Waals surface area contributed by atoms with Crippen LogP contribution in [0.2, 0.25) is 5.02 Å². The lowest BCUT2D eigenvalue weighted by Crippen LogP contribution is -2.14. The van der Waals surface area contributed by atoms with Gasteiger partial charge in [0, 0.05) is 30.6 Å². The van der Waals surface area contributed by atoms with Crippen molar-refractivity contribution in [2.75, 3.05) is 5.32 Å². The number of hydrogen-bond acceptors (Lipinski definition) is 4. The summed E-state index contributed by atoms with van der Waals surface area (Å²) in [5, 5.41) is 17.3. The van der Waals surface area contributed by atoms with Gasteiger partial charge in [0.1, 0.15) is 10.7 Å². The number of rotatable bonds is 5. The highest BCUT2D eigenvalue weighted by Gasteiger charge is 2.23. The van der Waals surface area contributed by atoms with Crippen LogP contribution < -0.4 is 5.32 Å². The molecule has 0 fully saturated rings. The largest absolute Gasteiger partial charge is 0.321 e. The molecule has 0 unspecified atom stereocenters. The molecule has 0 radical (unpaired) electrons. The van der Waals surface area contributed by atoms with Gasteiger partial charge in [-0.2, -0.15) is 5.10 Å². The average molecular weight is 407 g/mol. The number of nitro benzene ring substituents is 1. The highest BCUT2D eigenvalue weighted by atomic mass is 35.5. The van der Waals surface area contributed by atoms with Crippen LogP contribution in [-0.4, -0.2) is 20.6 Å². The molecule has 0 bridgehead atoms. The first kappa shape index (κ1) is 19.4. The van der Waals surface area contributed by atoms with Crippen LogP contribution >= 0.6 is 11.6 Å². The molecule has 0 aliphatic carbocycles. The summed E-state index contributed by atoms with van der Waals surface area (Å²) in [6.07, 6.45) is -1.71. The van der Waals surface area contributed by atoms with Crippen molar-refractivity contribution in [3.8, 4) is 11.1 Å². The van der Waals surface area contributed by atoms with E-state index in [-0.39, 0.29) is 16.3 Å². The number of nitrogens with zero attached hydrogens (tertiary/aromatic N) is 3. The summed E-state index contributed by atoms with van der Waals surface area (Å²) in [4.78, 5) is 23.1. The number of alkyl halides is 2. The van der Waals surface area contributed by atoms with E-state index in [1.165, 1.54) is 25.4 Å². The van der Waals surface area contributed by atoms with Gasteiger partial charge in [0.25, 0.3) is 18.0 Å². The summed E-state index contributed by atoms with van der Waals surface area (Å²) in [5.74, 6) is -0.765. The maximum Gasteiger partial charge on any atom is 0.288 e. The topological polar surface area (TPSA) is 90.1 Å². The van der Waals surface area contributed by atoms with Crippen LogP contribution in [0, 0.1) is 10.1 Å². The summed E-state index contributed by atoms with van der Waals surface area (Å²) in [5.41, 5.74) is 0.0418. The first-order valence-corrected chi connectivity index (χ1v) is 8.32. The van der Waals surface area contributed by atoms with Gasteiger partial charge >= 0.3 is 0 Å². The molecule has 2 aromatic carbocycles. The van der Waals surface area contributed by atoms with Crippen LogP contribution in [0.25, 0.3) is 11.1 Å². The molecule has 1 heterocycles. The maximum atomic E-state index is 13.1. The van der Waals surface area contributed by atoms with Crippen molar-refractivity contribution in [1.82, 2.24) is 9.78 Å². The molecule has 1 aromatic heterocycles. The fraction of sp³-hybridized carbons (Fsp3) is 0.111. The van der Waals surface area contributed by atoms with Crippen molar-refractivity contribution < 1.29 is 18.5 Å². The first-order valence-electron chi connectivity index (χ1n) is 7.94. The Hall–Kier alpha value is -3.33. The predicted molar refractivity (Wildman–Crippen MR) is 99.7 cm³/mol. The molecule has 1 amide bonds. The number of aromatic nitrogens is 2. The summed E-state index contributed by atoms with van der Waals surface area (Å²) in [7, 11) is 1.43. The number of hydrogen-bond donors (Lipinski definition) is 1. The van der Waals surface area contributed by atoms with E-state index in [2.05, 4.69) is 10.4 Å². The Morgan fingerprint density at radius 2 is 2.00 bits per heavy atom. The Bertz CT molecular complexity index is 1070. The smallest absolute Gasteiger partial charge is 0.288 e. The standard InChI is InChI=1S/C18H13ClF2N4O3/c1-24-9-12(16(23-24)17(20)21)18(26)22-14-5-3-2-4-11(14)10-6-7-13(19)15(8-10)25(27)28/h2-9,17H,1H3,(H,22,26). The summed E-state index contributed by atoms with van der Waals surface area (Å²) < 4.78 is 27.3. The number of carbonyl (C=O) groups excluding carboxylic acids is 1. The molecule has 3 rings (SSSR count). The number of anilines is 1. The van der Waals surface area contributed by atoms with Crippen molar-refractivity contribution in [2.45, 2.75) is 6.43 Å². The van der Waals surface area contributed by atoms with Crippen LogP contribution in [0.5, 0.6) is 0 Å². The molecule has 0 atom stereocenters. The lowest BCUT2D eigenvalue weighted by Gasteiger charge is -2.11. The van der Waals surface area contributed by atoms with Crippen molar-refractivity contribution in [3.63, 3.8) is 0 Å². The van der Waals surface area contributed by atoms with E-state index in [1.807, 2.05) is 0 Å².